The van der Waals surface area contributed by atoms with Crippen LogP contribution in [-0.2, 0) is 9.59 Å². The lowest BCUT2D eigenvalue weighted by Gasteiger charge is -2.19. The highest BCUT2D eigenvalue weighted by Gasteiger charge is 2.42. The van der Waals surface area contributed by atoms with E-state index in [-0.39, 0.29) is 11.3 Å². The molecule has 7 nitrogen and oxygen atoms in total. The molecule has 34 heavy (non-hydrogen) atoms. The average molecular weight is 459 g/mol. The van der Waals surface area contributed by atoms with E-state index >= 15 is 0 Å². The van der Waals surface area contributed by atoms with Gasteiger partial charge >= 0.3 is 0 Å². The maximum absolute atomic E-state index is 13.8. The van der Waals surface area contributed by atoms with E-state index < -0.39 is 11.8 Å². The summed E-state index contributed by atoms with van der Waals surface area (Å²) in [4.78, 5) is 28.7. The van der Waals surface area contributed by atoms with Crippen molar-refractivity contribution in [1.29, 1.82) is 0 Å². The van der Waals surface area contributed by atoms with Gasteiger partial charge in [-0.05, 0) is 49.7 Å². The summed E-state index contributed by atoms with van der Waals surface area (Å²) in [5.41, 5.74) is 2.76. The van der Waals surface area contributed by atoms with Crippen LogP contribution in [-0.4, -0.2) is 32.6 Å². The van der Waals surface area contributed by atoms with Crippen molar-refractivity contribution in [3.05, 3.63) is 83.6 Å². The van der Waals surface area contributed by atoms with E-state index in [1.54, 1.807) is 36.4 Å². The van der Waals surface area contributed by atoms with Crippen LogP contribution in [0.4, 0.5) is 11.4 Å². The molecule has 0 fully saturated rings. The summed E-state index contributed by atoms with van der Waals surface area (Å²) in [6, 6.07) is 19.7. The van der Waals surface area contributed by atoms with E-state index in [9.17, 15) is 9.59 Å². The molecule has 0 saturated carbocycles. The van der Waals surface area contributed by atoms with Crippen molar-refractivity contribution in [1.82, 2.24) is 0 Å². The first-order valence-electron chi connectivity index (χ1n) is 10.9. The van der Waals surface area contributed by atoms with E-state index in [4.69, 9.17) is 14.2 Å². The molecule has 4 rings (SSSR count). The highest BCUT2D eigenvalue weighted by molar-refractivity contribution is 6.46. The average Bonchev–Trinajstić information content (AvgIpc) is 3.08. The first kappa shape index (κ1) is 22.9. The summed E-state index contributed by atoms with van der Waals surface area (Å²) in [5.74, 6) is 0.602. The van der Waals surface area contributed by atoms with Gasteiger partial charge in [0, 0.05) is 17.3 Å². The first-order valence-corrected chi connectivity index (χ1v) is 10.9. The van der Waals surface area contributed by atoms with Crippen LogP contribution < -0.4 is 24.4 Å². The standard InChI is InChI=1S/C27H26N2O5/c1-5-34-19-10-8-9-18(16-19)28-25-24(20-11-6-7-12-22(20)32-3)26(30)29(27(25)31)21-15-17(2)13-14-23(21)33-4/h6-16,28H,5H2,1-4H3. The van der Waals surface area contributed by atoms with Gasteiger partial charge < -0.3 is 19.5 Å². The van der Waals surface area contributed by atoms with Crippen LogP contribution in [0.3, 0.4) is 0 Å². The highest BCUT2D eigenvalue weighted by atomic mass is 16.5. The molecule has 1 N–H and O–H groups in total. The summed E-state index contributed by atoms with van der Waals surface area (Å²) >= 11 is 0. The Hall–Kier alpha value is -4.26. The molecule has 1 aliphatic rings. The predicted molar refractivity (Wildman–Crippen MR) is 131 cm³/mol. The number of benzene rings is 3. The van der Waals surface area contributed by atoms with Gasteiger partial charge in [-0.25, -0.2) is 4.90 Å². The molecule has 1 aliphatic heterocycles. The Kier molecular flexibility index (Phi) is 6.54. The molecule has 3 aromatic carbocycles. The fourth-order valence-corrected chi connectivity index (χ4v) is 3.91. The Morgan fingerprint density at radius 1 is 0.853 bits per heavy atom. The smallest absolute Gasteiger partial charge is 0.282 e. The Bertz CT molecular complexity index is 1280. The number of carbonyl (C=O) groups excluding carboxylic acids is 2. The molecular formula is C27H26N2O5. The van der Waals surface area contributed by atoms with E-state index in [1.165, 1.54) is 14.2 Å². The lowest BCUT2D eigenvalue weighted by Crippen LogP contribution is -2.32. The molecule has 0 unspecified atom stereocenters. The SMILES string of the molecule is CCOc1cccc(NC2=C(c3ccccc3OC)C(=O)N(c3cc(C)ccc3OC)C2=O)c1. The Balaban J connectivity index is 1.87. The molecule has 0 atom stereocenters. The molecule has 174 valence electrons. The van der Waals surface area contributed by atoms with Crippen LogP contribution in [0, 0.1) is 6.92 Å². The molecule has 0 spiro atoms. The quantitative estimate of drug-likeness (QED) is 0.489. The van der Waals surface area contributed by atoms with Gasteiger partial charge in [0.25, 0.3) is 11.8 Å². The van der Waals surface area contributed by atoms with Crippen LogP contribution in [0.5, 0.6) is 17.2 Å². The first-order chi connectivity index (χ1) is 16.5. The summed E-state index contributed by atoms with van der Waals surface area (Å²) in [7, 11) is 3.03. The van der Waals surface area contributed by atoms with Gasteiger partial charge in [0.05, 0.1) is 32.1 Å². The monoisotopic (exact) mass is 458 g/mol. The van der Waals surface area contributed by atoms with Crippen LogP contribution >= 0.6 is 0 Å². The van der Waals surface area contributed by atoms with Crippen LogP contribution in [0.1, 0.15) is 18.1 Å². The number of hydrogen-bond acceptors (Lipinski definition) is 6. The fourth-order valence-electron chi connectivity index (χ4n) is 3.91. The van der Waals surface area contributed by atoms with Crippen molar-refractivity contribution in [3.63, 3.8) is 0 Å². The minimum atomic E-state index is -0.489. The molecule has 7 heteroatoms. The van der Waals surface area contributed by atoms with Gasteiger partial charge in [-0.2, -0.15) is 0 Å². The molecule has 0 aliphatic carbocycles. The number of imide groups is 1. The third kappa shape index (κ3) is 4.20. The number of anilines is 2. The highest BCUT2D eigenvalue weighted by Crippen LogP contribution is 2.40. The van der Waals surface area contributed by atoms with Crippen molar-refractivity contribution in [2.24, 2.45) is 0 Å². The number of nitrogens with zero attached hydrogens (tertiary/aromatic N) is 1. The number of amides is 2. The maximum atomic E-state index is 13.8. The number of ether oxygens (including phenoxy) is 3. The third-order valence-electron chi connectivity index (χ3n) is 5.45. The molecular weight excluding hydrogens is 432 g/mol. The van der Waals surface area contributed by atoms with Crippen molar-refractivity contribution in [2.45, 2.75) is 13.8 Å². The molecule has 0 aromatic heterocycles. The second-order valence-corrected chi connectivity index (χ2v) is 7.66. The largest absolute Gasteiger partial charge is 0.496 e. The topological polar surface area (TPSA) is 77.1 Å². The van der Waals surface area contributed by atoms with E-state index in [2.05, 4.69) is 5.32 Å². The second kappa shape index (κ2) is 9.70. The molecule has 1 heterocycles. The molecule has 0 saturated heterocycles. The second-order valence-electron chi connectivity index (χ2n) is 7.66. The van der Waals surface area contributed by atoms with Gasteiger partial charge in [-0.1, -0.05) is 30.3 Å². The minimum Gasteiger partial charge on any atom is -0.496 e. The Morgan fingerprint density at radius 3 is 2.35 bits per heavy atom. The molecule has 0 bridgehead atoms. The fraction of sp³-hybridized carbons (Fsp3) is 0.185. The number of nitrogens with one attached hydrogen (secondary N) is 1. The summed E-state index contributed by atoms with van der Waals surface area (Å²) < 4.78 is 16.6. The molecule has 2 amide bonds. The molecule has 0 radical (unpaired) electrons. The minimum absolute atomic E-state index is 0.145. The number of rotatable bonds is 8. The Morgan fingerprint density at radius 2 is 1.62 bits per heavy atom. The summed E-state index contributed by atoms with van der Waals surface area (Å²) in [5, 5.41) is 3.16. The van der Waals surface area contributed by atoms with E-state index in [1.807, 2.05) is 44.2 Å². The summed E-state index contributed by atoms with van der Waals surface area (Å²) in [6.45, 7) is 4.30. The number of para-hydroxylation sites is 1. The van der Waals surface area contributed by atoms with E-state index in [0.29, 0.717) is 40.8 Å². The van der Waals surface area contributed by atoms with Crippen LogP contribution in [0.15, 0.2) is 72.4 Å². The summed E-state index contributed by atoms with van der Waals surface area (Å²) in [6.07, 6.45) is 0. The van der Waals surface area contributed by atoms with Gasteiger partial charge in [0.1, 0.15) is 22.9 Å². The number of carbonyl (C=O) groups is 2. The zero-order valence-electron chi connectivity index (χ0n) is 19.5. The number of methoxy groups -OCH3 is 2. The van der Waals surface area contributed by atoms with Crippen LogP contribution in [0.25, 0.3) is 5.57 Å². The van der Waals surface area contributed by atoms with Gasteiger partial charge in [-0.15, -0.1) is 0 Å². The van der Waals surface area contributed by atoms with Gasteiger partial charge in [-0.3, -0.25) is 9.59 Å². The zero-order valence-corrected chi connectivity index (χ0v) is 19.5. The number of hydrogen-bond donors (Lipinski definition) is 1. The lowest BCUT2D eigenvalue weighted by molar-refractivity contribution is -0.120. The van der Waals surface area contributed by atoms with Crippen molar-refractivity contribution >= 4 is 28.8 Å². The van der Waals surface area contributed by atoms with Gasteiger partial charge in [0.2, 0.25) is 0 Å². The van der Waals surface area contributed by atoms with Crippen molar-refractivity contribution < 1.29 is 23.8 Å². The maximum Gasteiger partial charge on any atom is 0.282 e. The zero-order chi connectivity index (χ0) is 24.2. The van der Waals surface area contributed by atoms with Crippen molar-refractivity contribution in [2.75, 3.05) is 31.0 Å². The normalized spacial score (nSPS) is 13.4. The third-order valence-corrected chi connectivity index (χ3v) is 5.45. The predicted octanol–water partition coefficient (Wildman–Crippen LogP) is 4.81. The van der Waals surface area contributed by atoms with Crippen LogP contribution in [0.2, 0.25) is 0 Å². The van der Waals surface area contributed by atoms with Crippen molar-refractivity contribution in [3.8, 4) is 17.2 Å². The van der Waals surface area contributed by atoms with Gasteiger partial charge in [0.15, 0.2) is 0 Å². The lowest BCUT2D eigenvalue weighted by atomic mass is 10.0. The van der Waals surface area contributed by atoms with E-state index in [0.717, 1.165) is 10.5 Å². The number of aryl methyl sites for hydroxylation is 1. The Labute approximate surface area is 198 Å². The molecule has 3 aromatic rings.